The molecule has 4 heteroatoms. The predicted octanol–water partition coefficient (Wildman–Crippen LogP) is 0.720. The van der Waals surface area contributed by atoms with Gasteiger partial charge in [0.1, 0.15) is 0 Å². The molecule has 2 saturated heterocycles. The van der Waals surface area contributed by atoms with Crippen molar-refractivity contribution in [3.8, 4) is 0 Å². The van der Waals surface area contributed by atoms with Gasteiger partial charge in [0.25, 0.3) is 0 Å². The van der Waals surface area contributed by atoms with Crippen molar-refractivity contribution in [2.75, 3.05) is 39.3 Å². The van der Waals surface area contributed by atoms with Gasteiger partial charge in [-0.15, -0.1) is 0 Å². The highest BCUT2D eigenvalue weighted by Gasteiger charge is 2.29. The number of carbonyl (C=O) groups is 1. The summed E-state index contributed by atoms with van der Waals surface area (Å²) in [6.07, 6.45) is 2.33. The molecule has 2 heterocycles. The van der Waals surface area contributed by atoms with Gasteiger partial charge in [-0.3, -0.25) is 9.69 Å². The topological polar surface area (TPSA) is 32.8 Å². The summed E-state index contributed by atoms with van der Waals surface area (Å²) in [6.45, 7) is 9.10. The first-order valence-corrected chi connectivity index (χ1v) is 6.21. The van der Waals surface area contributed by atoms with E-state index in [2.05, 4.69) is 18.7 Å². The lowest BCUT2D eigenvalue weighted by atomic mass is 10.1. The summed E-state index contributed by atoms with van der Waals surface area (Å²) in [4.78, 5) is 16.2. The van der Waals surface area contributed by atoms with Gasteiger partial charge in [-0.25, -0.2) is 0 Å². The fourth-order valence-electron chi connectivity index (χ4n) is 2.51. The van der Waals surface area contributed by atoms with Crippen LogP contribution in [0, 0.1) is 0 Å². The van der Waals surface area contributed by atoms with Crippen molar-refractivity contribution >= 4 is 5.91 Å². The van der Waals surface area contributed by atoms with E-state index in [0.29, 0.717) is 6.54 Å². The predicted molar refractivity (Wildman–Crippen MR) is 62.3 cm³/mol. The minimum atomic E-state index is -0.108. The summed E-state index contributed by atoms with van der Waals surface area (Å²) in [5.74, 6) is 0.287. The van der Waals surface area contributed by atoms with Crippen LogP contribution < -0.4 is 0 Å². The first-order chi connectivity index (χ1) is 7.57. The summed E-state index contributed by atoms with van der Waals surface area (Å²) >= 11 is 0. The fraction of sp³-hybridized carbons (Fsp3) is 0.917. The van der Waals surface area contributed by atoms with Crippen molar-refractivity contribution in [3.63, 3.8) is 0 Å². The second-order valence-electron chi connectivity index (χ2n) is 5.41. The molecule has 0 N–H and O–H groups in total. The molecule has 0 aromatic heterocycles. The second kappa shape index (κ2) is 4.72. The largest absolute Gasteiger partial charge is 0.373 e. The van der Waals surface area contributed by atoms with E-state index in [0.717, 1.165) is 32.8 Å². The Kier molecular flexibility index (Phi) is 3.50. The molecular formula is C12H22N2O2. The molecule has 0 unspecified atom stereocenters. The molecule has 2 aliphatic rings. The molecule has 0 bridgehead atoms. The highest BCUT2D eigenvalue weighted by Crippen LogP contribution is 2.16. The first kappa shape index (κ1) is 11.9. The maximum absolute atomic E-state index is 12.0. The molecule has 0 saturated carbocycles. The molecule has 0 atom stereocenters. The van der Waals surface area contributed by atoms with E-state index < -0.39 is 0 Å². The Morgan fingerprint density at radius 3 is 2.56 bits per heavy atom. The number of ether oxygens (including phenoxy) is 1. The molecule has 2 rings (SSSR count). The smallest absolute Gasteiger partial charge is 0.236 e. The lowest BCUT2D eigenvalue weighted by molar-refractivity contribution is -0.136. The molecule has 2 fully saturated rings. The Balaban J connectivity index is 1.82. The number of hydrogen-bond donors (Lipinski definition) is 0. The Morgan fingerprint density at radius 2 is 1.94 bits per heavy atom. The molecule has 0 aromatic carbocycles. The molecule has 1 amide bonds. The zero-order valence-electron chi connectivity index (χ0n) is 10.4. The molecule has 0 spiro atoms. The SMILES string of the molecule is CC1(C)CN(CC(=O)N2CCCC2)CCO1. The lowest BCUT2D eigenvalue weighted by Crippen LogP contribution is -2.51. The van der Waals surface area contributed by atoms with Gasteiger partial charge in [-0.05, 0) is 26.7 Å². The molecule has 2 aliphatic heterocycles. The van der Waals surface area contributed by atoms with Crippen LogP contribution in [0.15, 0.2) is 0 Å². The van der Waals surface area contributed by atoms with Crippen molar-refractivity contribution in [2.24, 2.45) is 0 Å². The third kappa shape index (κ3) is 2.95. The van der Waals surface area contributed by atoms with Crippen LogP contribution in [0.5, 0.6) is 0 Å². The van der Waals surface area contributed by atoms with Gasteiger partial charge in [0.2, 0.25) is 5.91 Å². The summed E-state index contributed by atoms with van der Waals surface area (Å²) < 4.78 is 5.64. The van der Waals surface area contributed by atoms with E-state index in [9.17, 15) is 4.79 Å². The monoisotopic (exact) mass is 226 g/mol. The van der Waals surface area contributed by atoms with Gasteiger partial charge < -0.3 is 9.64 Å². The van der Waals surface area contributed by atoms with Gasteiger partial charge in [-0.1, -0.05) is 0 Å². The molecule has 16 heavy (non-hydrogen) atoms. The maximum Gasteiger partial charge on any atom is 0.236 e. The first-order valence-electron chi connectivity index (χ1n) is 6.21. The average Bonchev–Trinajstić information content (AvgIpc) is 2.68. The number of rotatable bonds is 2. The van der Waals surface area contributed by atoms with Crippen molar-refractivity contribution < 1.29 is 9.53 Å². The normalized spacial score (nSPS) is 26.0. The van der Waals surface area contributed by atoms with Crippen LogP contribution in [-0.2, 0) is 9.53 Å². The Bertz CT molecular complexity index is 260. The maximum atomic E-state index is 12.0. The van der Waals surface area contributed by atoms with Gasteiger partial charge >= 0.3 is 0 Å². The molecular weight excluding hydrogens is 204 g/mol. The van der Waals surface area contributed by atoms with E-state index in [1.807, 2.05) is 4.90 Å². The van der Waals surface area contributed by atoms with E-state index in [-0.39, 0.29) is 11.5 Å². The van der Waals surface area contributed by atoms with Crippen LogP contribution in [0.25, 0.3) is 0 Å². The molecule has 0 aromatic rings. The quantitative estimate of drug-likeness (QED) is 0.695. The van der Waals surface area contributed by atoms with Gasteiger partial charge in [0.15, 0.2) is 0 Å². The zero-order valence-corrected chi connectivity index (χ0v) is 10.4. The fourth-order valence-corrected chi connectivity index (χ4v) is 2.51. The summed E-state index contributed by atoms with van der Waals surface area (Å²) in [6, 6.07) is 0. The standard InChI is InChI=1S/C12H22N2O2/c1-12(2)10-13(7-8-16-12)9-11(15)14-5-3-4-6-14/h3-10H2,1-2H3. The number of nitrogens with zero attached hydrogens (tertiary/aromatic N) is 2. The lowest BCUT2D eigenvalue weighted by Gasteiger charge is -2.38. The number of morpholine rings is 1. The van der Waals surface area contributed by atoms with Gasteiger partial charge in [-0.2, -0.15) is 0 Å². The van der Waals surface area contributed by atoms with Crippen LogP contribution >= 0.6 is 0 Å². The average molecular weight is 226 g/mol. The minimum absolute atomic E-state index is 0.108. The van der Waals surface area contributed by atoms with Crippen LogP contribution in [0.4, 0.5) is 0 Å². The van der Waals surface area contributed by atoms with Gasteiger partial charge in [0.05, 0.1) is 18.8 Å². The van der Waals surface area contributed by atoms with Crippen LogP contribution in [0.2, 0.25) is 0 Å². The molecule has 92 valence electrons. The molecule has 0 aliphatic carbocycles. The van der Waals surface area contributed by atoms with Crippen LogP contribution in [0.1, 0.15) is 26.7 Å². The summed E-state index contributed by atoms with van der Waals surface area (Å²) in [5, 5.41) is 0. The van der Waals surface area contributed by atoms with Crippen molar-refractivity contribution in [2.45, 2.75) is 32.3 Å². The summed E-state index contributed by atoms with van der Waals surface area (Å²) in [5.41, 5.74) is -0.108. The highest BCUT2D eigenvalue weighted by molar-refractivity contribution is 5.78. The van der Waals surface area contributed by atoms with E-state index in [1.165, 1.54) is 12.8 Å². The van der Waals surface area contributed by atoms with Crippen molar-refractivity contribution in [3.05, 3.63) is 0 Å². The number of likely N-dealkylation sites (tertiary alicyclic amines) is 1. The van der Waals surface area contributed by atoms with E-state index in [4.69, 9.17) is 4.74 Å². The second-order valence-corrected chi connectivity index (χ2v) is 5.41. The number of amides is 1. The Morgan fingerprint density at radius 1 is 1.25 bits per heavy atom. The number of hydrogen-bond acceptors (Lipinski definition) is 3. The Hall–Kier alpha value is -0.610. The third-order valence-corrected chi connectivity index (χ3v) is 3.32. The molecule has 4 nitrogen and oxygen atoms in total. The van der Waals surface area contributed by atoms with Crippen LogP contribution in [-0.4, -0.2) is 60.6 Å². The molecule has 0 radical (unpaired) electrons. The van der Waals surface area contributed by atoms with Crippen molar-refractivity contribution in [1.82, 2.24) is 9.80 Å². The van der Waals surface area contributed by atoms with Gasteiger partial charge in [0, 0.05) is 26.2 Å². The number of carbonyl (C=O) groups excluding carboxylic acids is 1. The van der Waals surface area contributed by atoms with Crippen LogP contribution in [0.3, 0.4) is 0 Å². The van der Waals surface area contributed by atoms with E-state index >= 15 is 0 Å². The summed E-state index contributed by atoms with van der Waals surface area (Å²) in [7, 11) is 0. The Labute approximate surface area is 97.5 Å². The minimum Gasteiger partial charge on any atom is -0.373 e. The van der Waals surface area contributed by atoms with E-state index in [1.54, 1.807) is 0 Å². The zero-order chi connectivity index (χ0) is 11.6. The third-order valence-electron chi connectivity index (χ3n) is 3.32. The van der Waals surface area contributed by atoms with Crippen molar-refractivity contribution in [1.29, 1.82) is 0 Å². The highest BCUT2D eigenvalue weighted by atomic mass is 16.5.